The second kappa shape index (κ2) is 10.1. The maximum absolute atomic E-state index is 14.1. The lowest BCUT2D eigenvalue weighted by atomic mass is 10.1. The van der Waals surface area contributed by atoms with Crippen LogP contribution in [0.5, 0.6) is 0 Å². The monoisotopic (exact) mass is 500 g/mol. The molecule has 0 aliphatic heterocycles. The van der Waals surface area contributed by atoms with Crippen molar-refractivity contribution in [2.45, 2.75) is 6.54 Å². The molecule has 178 valence electrons. The number of ether oxygens (including phenoxy) is 1. The SMILES string of the molecule is O=C(O/C(=C/c1nc2ccccc2n1Cc1ccc(Cl)cc1)c1cccc(F)c1)c1cccc(F)c1. The molecule has 0 saturated heterocycles. The van der Waals surface area contributed by atoms with Crippen LogP contribution in [-0.2, 0) is 11.3 Å². The molecule has 1 aromatic heterocycles. The zero-order valence-corrected chi connectivity index (χ0v) is 19.6. The Morgan fingerprint density at radius 2 is 1.53 bits per heavy atom. The molecule has 4 nitrogen and oxygen atoms in total. The van der Waals surface area contributed by atoms with Crippen molar-refractivity contribution in [3.8, 4) is 0 Å². The number of halogens is 3. The summed E-state index contributed by atoms with van der Waals surface area (Å²) in [6, 6.07) is 26.0. The molecule has 0 bridgehead atoms. The zero-order chi connectivity index (χ0) is 25.1. The van der Waals surface area contributed by atoms with Gasteiger partial charge in [0, 0.05) is 23.2 Å². The molecule has 0 aliphatic carbocycles. The lowest BCUT2D eigenvalue weighted by Crippen LogP contribution is -2.07. The molecular formula is C29H19ClF2N2O2. The quantitative estimate of drug-likeness (QED) is 0.180. The average Bonchev–Trinajstić information content (AvgIpc) is 3.21. The smallest absolute Gasteiger partial charge is 0.343 e. The van der Waals surface area contributed by atoms with E-state index in [9.17, 15) is 13.6 Å². The second-order valence-corrected chi connectivity index (χ2v) is 8.53. The number of carbonyl (C=O) groups excluding carboxylic acids is 1. The summed E-state index contributed by atoms with van der Waals surface area (Å²) >= 11 is 6.05. The molecule has 0 amide bonds. The van der Waals surface area contributed by atoms with Crippen LogP contribution in [0.2, 0.25) is 5.02 Å². The van der Waals surface area contributed by atoms with Gasteiger partial charge in [0.15, 0.2) is 0 Å². The summed E-state index contributed by atoms with van der Waals surface area (Å²) in [6.07, 6.45) is 1.59. The van der Waals surface area contributed by atoms with Crippen LogP contribution in [0.1, 0.15) is 27.3 Å². The standard InChI is InChI=1S/C29H19ClF2N2O2/c30-22-13-11-19(12-14-22)18-34-26-10-2-1-9-25(26)33-28(34)17-27(20-5-3-7-23(31)15-20)36-29(35)21-6-4-8-24(32)16-21/h1-17H,18H2/b27-17+. The van der Waals surface area contributed by atoms with Gasteiger partial charge in [-0.15, -0.1) is 0 Å². The van der Waals surface area contributed by atoms with E-state index in [2.05, 4.69) is 0 Å². The number of esters is 1. The van der Waals surface area contributed by atoms with Crippen molar-refractivity contribution in [3.63, 3.8) is 0 Å². The molecule has 5 aromatic rings. The zero-order valence-electron chi connectivity index (χ0n) is 18.9. The average molecular weight is 501 g/mol. The Labute approximate surface area is 211 Å². The number of nitrogens with zero attached hydrogens (tertiary/aromatic N) is 2. The van der Waals surface area contributed by atoms with Gasteiger partial charge in [0.2, 0.25) is 0 Å². The minimum Gasteiger partial charge on any atom is -0.422 e. The number of benzene rings is 4. The first-order valence-electron chi connectivity index (χ1n) is 11.1. The molecule has 0 N–H and O–H groups in total. The number of carbonyl (C=O) groups is 1. The first-order chi connectivity index (χ1) is 17.5. The highest BCUT2D eigenvalue weighted by molar-refractivity contribution is 6.30. The fourth-order valence-corrected chi connectivity index (χ4v) is 3.97. The molecule has 0 aliphatic rings. The first-order valence-corrected chi connectivity index (χ1v) is 11.5. The van der Waals surface area contributed by atoms with E-state index in [0.717, 1.165) is 22.7 Å². The summed E-state index contributed by atoms with van der Waals surface area (Å²) in [5.74, 6) is -1.25. The summed E-state index contributed by atoms with van der Waals surface area (Å²) < 4.78 is 35.4. The van der Waals surface area contributed by atoms with E-state index < -0.39 is 17.6 Å². The van der Waals surface area contributed by atoms with E-state index in [4.69, 9.17) is 21.3 Å². The molecule has 0 atom stereocenters. The molecule has 1 heterocycles. The predicted molar refractivity (Wildman–Crippen MR) is 136 cm³/mol. The molecule has 5 rings (SSSR count). The van der Waals surface area contributed by atoms with Crippen molar-refractivity contribution in [3.05, 3.63) is 136 Å². The number of rotatable bonds is 6. The molecule has 0 spiro atoms. The van der Waals surface area contributed by atoms with Gasteiger partial charge < -0.3 is 9.30 Å². The molecule has 7 heteroatoms. The Morgan fingerprint density at radius 1 is 0.861 bits per heavy atom. The fourth-order valence-electron chi connectivity index (χ4n) is 3.85. The Hall–Kier alpha value is -4.29. The third-order valence-electron chi connectivity index (χ3n) is 5.57. The van der Waals surface area contributed by atoms with Crippen LogP contribution in [0.4, 0.5) is 8.78 Å². The van der Waals surface area contributed by atoms with Gasteiger partial charge in [-0.25, -0.2) is 18.6 Å². The summed E-state index contributed by atoms with van der Waals surface area (Å²) in [7, 11) is 0. The highest BCUT2D eigenvalue weighted by Crippen LogP contribution is 2.26. The van der Waals surface area contributed by atoms with Crippen LogP contribution < -0.4 is 0 Å². The van der Waals surface area contributed by atoms with Gasteiger partial charge in [-0.3, -0.25) is 0 Å². The minimum atomic E-state index is -0.773. The van der Waals surface area contributed by atoms with Crippen LogP contribution >= 0.6 is 11.6 Å². The summed E-state index contributed by atoms with van der Waals surface area (Å²) in [5, 5.41) is 0.631. The predicted octanol–water partition coefficient (Wildman–Crippen LogP) is 7.37. The van der Waals surface area contributed by atoms with E-state index in [0.29, 0.717) is 23.0 Å². The maximum atomic E-state index is 14.1. The van der Waals surface area contributed by atoms with E-state index in [1.54, 1.807) is 12.1 Å². The number of aromatic nitrogens is 2. The molecule has 0 radical (unpaired) electrons. The molecule has 0 fully saturated rings. The topological polar surface area (TPSA) is 44.1 Å². The Bertz CT molecular complexity index is 1590. The van der Waals surface area contributed by atoms with Gasteiger partial charge in [-0.1, -0.05) is 54.1 Å². The lowest BCUT2D eigenvalue weighted by molar-refractivity contribution is 0.0693. The maximum Gasteiger partial charge on any atom is 0.343 e. The van der Waals surface area contributed by atoms with E-state index in [-0.39, 0.29) is 11.3 Å². The normalized spacial score (nSPS) is 11.6. The van der Waals surface area contributed by atoms with Crippen molar-refractivity contribution in [1.82, 2.24) is 9.55 Å². The fraction of sp³-hybridized carbons (Fsp3) is 0.0345. The van der Waals surface area contributed by atoms with Crippen molar-refractivity contribution in [2.75, 3.05) is 0 Å². The lowest BCUT2D eigenvalue weighted by Gasteiger charge is -2.12. The van der Waals surface area contributed by atoms with E-state index in [1.807, 2.05) is 53.1 Å². The van der Waals surface area contributed by atoms with Crippen LogP contribution in [0, 0.1) is 11.6 Å². The third kappa shape index (κ3) is 5.19. The van der Waals surface area contributed by atoms with Gasteiger partial charge in [0.1, 0.15) is 23.2 Å². The second-order valence-electron chi connectivity index (χ2n) is 8.09. The van der Waals surface area contributed by atoms with Gasteiger partial charge in [0.25, 0.3) is 0 Å². The minimum absolute atomic E-state index is 0.0342. The number of hydrogen-bond donors (Lipinski definition) is 0. The van der Waals surface area contributed by atoms with Crippen LogP contribution in [0.25, 0.3) is 22.9 Å². The molecule has 0 unspecified atom stereocenters. The Balaban J connectivity index is 1.61. The highest BCUT2D eigenvalue weighted by atomic mass is 35.5. The van der Waals surface area contributed by atoms with Gasteiger partial charge in [0.05, 0.1) is 16.6 Å². The van der Waals surface area contributed by atoms with E-state index >= 15 is 0 Å². The number of fused-ring (bicyclic) bond motifs is 1. The van der Waals surface area contributed by atoms with Gasteiger partial charge >= 0.3 is 5.97 Å². The number of para-hydroxylation sites is 2. The molecule has 4 aromatic carbocycles. The Morgan fingerprint density at radius 3 is 2.25 bits per heavy atom. The van der Waals surface area contributed by atoms with Crippen molar-refractivity contribution < 1.29 is 18.3 Å². The van der Waals surface area contributed by atoms with Crippen molar-refractivity contribution in [1.29, 1.82) is 0 Å². The van der Waals surface area contributed by atoms with Crippen molar-refractivity contribution in [2.24, 2.45) is 0 Å². The molecule has 0 saturated carbocycles. The molecular weight excluding hydrogens is 482 g/mol. The van der Waals surface area contributed by atoms with E-state index in [1.165, 1.54) is 36.4 Å². The summed E-state index contributed by atoms with van der Waals surface area (Å²) in [4.78, 5) is 17.6. The van der Waals surface area contributed by atoms with Gasteiger partial charge in [-0.2, -0.15) is 0 Å². The van der Waals surface area contributed by atoms with Crippen LogP contribution in [0.3, 0.4) is 0 Å². The first kappa shape index (κ1) is 23.5. The summed E-state index contributed by atoms with van der Waals surface area (Å²) in [6.45, 7) is 0.470. The van der Waals surface area contributed by atoms with Crippen LogP contribution in [0.15, 0.2) is 97.1 Å². The third-order valence-corrected chi connectivity index (χ3v) is 5.82. The summed E-state index contributed by atoms with van der Waals surface area (Å²) in [5.41, 5.74) is 2.97. The van der Waals surface area contributed by atoms with Crippen LogP contribution in [-0.4, -0.2) is 15.5 Å². The molecule has 36 heavy (non-hydrogen) atoms. The highest BCUT2D eigenvalue weighted by Gasteiger charge is 2.17. The Kier molecular flexibility index (Phi) is 6.60. The number of imidazole rings is 1. The largest absolute Gasteiger partial charge is 0.422 e. The van der Waals surface area contributed by atoms with Crippen molar-refractivity contribution >= 4 is 40.4 Å². The van der Waals surface area contributed by atoms with Gasteiger partial charge in [-0.05, 0) is 60.2 Å². The number of hydrogen-bond acceptors (Lipinski definition) is 3.